The molecule has 17 aromatic rings. The Morgan fingerprint density at radius 1 is 0.197 bits per heavy atom. The van der Waals surface area contributed by atoms with Crippen molar-refractivity contribution in [1.82, 2.24) is 9.13 Å². The van der Waals surface area contributed by atoms with Gasteiger partial charge >= 0.3 is 0 Å². The first-order chi connectivity index (χ1) is 37.7. The standard InChI is InChI=1S/C74H44N2/c1-5-15-45(16-6-1)69-63-43-55-31-27-47-23-13-25-49-33-37-61(67(55)65(47)49)73(63)75(71(69)51-19-9-3-10-20-51)57-35-39-59-53(41-57)29-30-54-42-58(36-40-60(54)59)76-72(52-21-11-4-12-22-52)70(46-17-7-2-8-18-46)64-44-56-32-28-48-24-14-26-50-34-38-62(74(64)76)68(56)66(48)50/h1-44H. The normalized spacial score (nSPS) is 12.2. The molecule has 0 aliphatic heterocycles. The third-order valence-electron chi connectivity index (χ3n) is 16.7. The highest BCUT2D eigenvalue weighted by Crippen LogP contribution is 2.51. The largest absolute Gasteiger partial charge is 0.308 e. The fourth-order valence-corrected chi connectivity index (χ4v) is 13.5. The zero-order chi connectivity index (χ0) is 49.6. The second kappa shape index (κ2) is 15.7. The van der Waals surface area contributed by atoms with Gasteiger partial charge in [-0.3, -0.25) is 0 Å². The van der Waals surface area contributed by atoms with Gasteiger partial charge < -0.3 is 9.13 Å². The second-order valence-electron chi connectivity index (χ2n) is 20.7. The SMILES string of the molecule is c1ccc(-c2c(-c3ccccc3)n(-c3ccc4c(ccc5cc(-n6c(-c7ccccc7)c(-c7ccccc7)c7cc8ccc9cccc%10ccc(c8c9%10)c76)ccc54)c3)c3c2cc2ccc4cccc5ccc3c2c45)cc1. The highest BCUT2D eigenvalue weighted by molar-refractivity contribution is 6.32. The van der Waals surface area contributed by atoms with Crippen LogP contribution in [-0.2, 0) is 0 Å². The van der Waals surface area contributed by atoms with Crippen LogP contribution in [0.1, 0.15) is 0 Å². The quantitative estimate of drug-likeness (QED) is 0.147. The van der Waals surface area contributed by atoms with Crippen molar-refractivity contribution in [1.29, 1.82) is 0 Å². The van der Waals surface area contributed by atoms with Crippen LogP contribution in [0.2, 0.25) is 0 Å². The van der Waals surface area contributed by atoms with E-state index in [1.54, 1.807) is 0 Å². The summed E-state index contributed by atoms with van der Waals surface area (Å²) in [5.74, 6) is 0. The molecule has 0 fully saturated rings. The summed E-state index contributed by atoms with van der Waals surface area (Å²) in [7, 11) is 0. The Morgan fingerprint density at radius 2 is 0.526 bits per heavy atom. The number of benzene rings is 15. The molecule has 0 atom stereocenters. The molecule has 0 bridgehead atoms. The van der Waals surface area contributed by atoms with Gasteiger partial charge in [0.15, 0.2) is 0 Å². The lowest BCUT2D eigenvalue weighted by Crippen LogP contribution is -1.99. The number of fused-ring (bicyclic) bond motifs is 7. The summed E-state index contributed by atoms with van der Waals surface area (Å²) in [5, 5.41) is 22.7. The minimum absolute atomic E-state index is 1.13. The molecule has 2 aromatic heterocycles. The topological polar surface area (TPSA) is 9.86 Å². The molecule has 0 N–H and O–H groups in total. The van der Waals surface area contributed by atoms with Gasteiger partial charge in [-0.05, 0) is 134 Å². The van der Waals surface area contributed by atoms with Crippen molar-refractivity contribution in [3.05, 3.63) is 267 Å². The molecular formula is C74H44N2. The Labute approximate surface area is 437 Å². The number of aromatic nitrogens is 2. The first-order valence-corrected chi connectivity index (χ1v) is 26.4. The van der Waals surface area contributed by atoms with E-state index in [1.165, 1.54) is 153 Å². The molecule has 0 radical (unpaired) electrons. The Kier molecular flexibility index (Phi) is 8.59. The lowest BCUT2D eigenvalue weighted by atomic mass is 9.91. The molecule has 0 saturated heterocycles. The monoisotopic (exact) mass is 960 g/mol. The van der Waals surface area contributed by atoms with Gasteiger partial charge in [0, 0.05) is 44.0 Å². The van der Waals surface area contributed by atoms with Crippen molar-refractivity contribution in [2.24, 2.45) is 0 Å². The third-order valence-corrected chi connectivity index (χ3v) is 16.7. The van der Waals surface area contributed by atoms with Gasteiger partial charge in [0.1, 0.15) is 0 Å². The molecule has 350 valence electrons. The van der Waals surface area contributed by atoms with Gasteiger partial charge in [-0.2, -0.15) is 0 Å². The Morgan fingerprint density at radius 3 is 0.921 bits per heavy atom. The molecule has 0 amide bonds. The molecule has 76 heavy (non-hydrogen) atoms. The molecule has 0 saturated carbocycles. The highest BCUT2D eigenvalue weighted by Gasteiger charge is 2.27. The molecule has 17 rings (SSSR count). The first-order valence-electron chi connectivity index (χ1n) is 26.4. The maximum absolute atomic E-state index is 2.56. The van der Waals surface area contributed by atoms with E-state index in [0.717, 1.165) is 11.4 Å². The van der Waals surface area contributed by atoms with Gasteiger partial charge in [0.25, 0.3) is 0 Å². The Hall–Kier alpha value is -10.0. The zero-order valence-corrected chi connectivity index (χ0v) is 41.3. The summed E-state index contributed by atoms with van der Waals surface area (Å²) < 4.78 is 5.13. The number of rotatable bonds is 6. The van der Waals surface area contributed by atoms with Gasteiger partial charge in [-0.15, -0.1) is 0 Å². The van der Waals surface area contributed by atoms with Crippen LogP contribution in [0.15, 0.2) is 267 Å². The van der Waals surface area contributed by atoms with Crippen molar-refractivity contribution in [3.63, 3.8) is 0 Å². The summed E-state index contributed by atoms with van der Waals surface area (Å²) in [5.41, 5.74) is 14.3. The summed E-state index contributed by atoms with van der Waals surface area (Å²) in [6.07, 6.45) is 0. The fraction of sp³-hybridized carbons (Fsp3) is 0. The summed E-state index contributed by atoms with van der Waals surface area (Å²) in [4.78, 5) is 0. The molecule has 0 aliphatic rings. The van der Waals surface area contributed by atoms with E-state index in [-0.39, 0.29) is 0 Å². The van der Waals surface area contributed by atoms with E-state index in [0.29, 0.717) is 0 Å². The van der Waals surface area contributed by atoms with E-state index in [9.17, 15) is 0 Å². The summed E-state index contributed by atoms with van der Waals surface area (Å²) in [6, 6.07) is 99.8. The molecule has 0 unspecified atom stereocenters. The molecule has 0 spiro atoms. The molecule has 15 aromatic carbocycles. The van der Waals surface area contributed by atoms with Crippen molar-refractivity contribution in [2.75, 3.05) is 0 Å². The van der Waals surface area contributed by atoms with Crippen LogP contribution in [0.4, 0.5) is 0 Å². The van der Waals surface area contributed by atoms with E-state index >= 15 is 0 Å². The molecule has 2 nitrogen and oxygen atoms in total. The Balaban J connectivity index is 0.925. The van der Waals surface area contributed by atoms with Gasteiger partial charge in [0.05, 0.1) is 22.4 Å². The third kappa shape index (κ3) is 5.81. The number of hydrogen-bond acceptors (Lipinski definition) is 0. The lowest BCUT2D eigenvalue weighted by Gasteiger charge is -2.17. The molecule has 2 heterocycles. The van der Waals surface area contributed by atoms with Gasteiger partial charge in [0.2, 0.25) is 0 Å². The summed E-state index contributed by atoms with van der Waals surface area (Å²) in [6.45, 7) is 0. The predicted molar refractivity (Wildman–Crippen MR) is 324 cm³/mol. The van der Waals surface area contributed by atoms with Crippen LogP contribution in [0.5, 0.6) is 0 Å². The Bertz CT molecular complexity index is 4820. The minimum Gasteiger partial charge on any atom is -0.308 e. The van der Waals surface area contributed by atoms with Crippen LogP contribution in [0, 0.1) is 0 Å². The average Bonchev–Trinajstić information content (AvgIpc) is 4.07. The van der Waals surface area contributed by atoms with Crippen molar-refractivity contribution < 1.29 is 0 Å². The smallest absolute Gasteiger partial charge is 0.0620 e. The maximum atomic E-state index is 2.56. The summed E-state index contributed by atoms with van der Waals surface area (Å²) >= 11 is 0. The van der Waals surface area contributed by atoms with Crippen LogP contribution < -0.4 is 0 Å². The van der Waals surface area contributed by atoms with Crippen molar-refractivity contribution in [3.8, 4) is 56.1 Å². The zero-order valence-electron chi connectivity index (χ0n) is 41.3. The molecular weight excluding hydrogens is 917 g/mol. The van der Waals surface area contributed by atoms with Crippen molar-refractivity contribution in [2.45, 2.75) is 0 Å². The van der Waals surface area contributed by atoms with E-state index in [2.05, 4.69) is 276 Å². The average molecular weight is 961 g/mol. The predicted octanol–water partition coefficient (Wildman–Crippen LogP) is 20.3. The van der Waals surface area contributed by atoms with Crippen LogP contribution >= 0.6 is 0 Å². The van der Waals surface area contributed by atoms with E-state index in [1.807, 2.05) is 0 Å². The van der Waals surface area contributed by atoms with Crippen LogP contribution in [-0.4, -0.2) is 9.13 Å². The number of hydrogen-bond donors (Lipinski definition) is 0. The molecule has 0 aliphatic carbocycles. The maximum Gasteiger partial charge on any atom is 0.0620 e. The first kappa shape index (κ1) is 41.5. The fourth-order valence-electron chi connectivity index (χ4n) is 13.5. The van der Waals surface area contributed by atoms with Crippen LogP contribution in [0.25, 0.3) is 164 Å². The number of nitrogens with zero attached hydrogens (tertiary/aromatic N) is 2. The van der Waals surface area contributed by atoms with Gasteiger partial charge in [-0.25, -0.2) is 0 Å². The molecule has 2 heteroatoms. The lowest BCUT2D eigenvalue weighted by molar-refractivity contribution is 1.14. The van der Waals surface area contributed by atoms with Gasteiger partial charge in [-0.1, -0.05) is 231 Å². The highest BCUT2D eigenvalue weighted by atomic mass is 15.0. The van der Waals surface area contributed by atoms with E-state index < -0.39 is 0 Å². The minimum atomic E-state index is 1.13. The van der Waals surface area contributed by atoms with E-state index in [4.69, 9.17) is 0 Å². The van der Waals surface area contributed by atoms with Crippen LogP contribution in [0.3, 0.4) is 0 Å². The van der Waals surface area contributed by atoms with Crippen molar-refractivity contribution >= 4 is 108 Å². The second-order valence-corrected chi connectivity index (χ2v) is 20.7.